The molecule has 2 heterocycles. The van der Waals surface area contributed by atoms with Gasteiger partial charge in [0.15, 0.2) is 12.5 Å². The van der Waals surface area contributed by atoms with Crippen molar-refractivity contribution in [3.05, 3.63) is 59.0 Å². The molecule has 0 saturated carbocycles. The Morgan fingerprint density at radius 1 is 1.44 bits per heavy atom. The number of hydrogen-bond donors (Lipinski definition) is 1. The third-order valence-electron chi connectivity index (χ3n) is 4.37. The van der Waals surface area contributed by atoms with Crippen LogP contribution in [0.2, 0.25) is 0 Å². The molecule has 0 radical (unpaired) electrons. The molecule has 3 rings (SSSR count). The Balaban J connectivity index is 1.87. The van der Waals surface area contributed by atoms with Crippen molar-refractivity contribution in [2.75, 3.05) is 13.2 Å². The predicted molar refractivity (Wildman–Crippen MR) is 95.4 cm³/mol. The maximum atomic E-state index is 11.7. The second-order valence-electron chi connectivity index (χ2n) is 6.26. The van der Waals surface area contributed by atoms with Gasteiger partial charge in [-0.25, -0.2) is 0 Å². The highest BCUT2D eigenvalue weighted by molar-refractivity contribution is 5.73. The summed E-state index contributed by atoms with van der Waals surface area (Å²) >= 11 is 0. The van der Waals surface area contributed by atoms with Gasteiger partial charge in [0.2, 0.25) is 5.91 Å². The van der Waals surface area contributed by atoms with E-state index in [1.165, 1.54) is 6.92 Å². The van der Waals surface area contributed by atoms with Crippen LogP contribution < -0.4 is 5.32 Å². The standard InChI is InChI=1S/C18H22N4O5/c1-3-9-24-16-14(20-11(2)23)17(21-22-19)26-13-10-25-18(27-15(13)16)12-7-5-4-6-8-12/h3-8,13-18H,1,9-10H2,2H3,(H,20,23)/t13-,14-,15-,16-,17-,18+/m1/s1. The zero-order chi connectivity index (χ0) is 19.2. The van der Waals surface area contributed by atoms with Gasteiger partial charge in [0.1, 0.15) is 18.3 Å². The van der Waals surface area contributed by atoms with Crippen molar-refractivity contribution in [3.8, 4) is 0 Å². The van der Waals surface area contributed by atoms with Crippen LogP contribution in [0.4, 0.5) is 0 Å². The molecule has 2 saturated heterocycles. The molecular weight excluding hydrogens is 352 g/mol. The smallest absolute Gasteiger partial charge is 0.217 e. The second-order valence-corrected chi connectivity index (χ2v) is 6.26. The number of amides is 1. The number of hydrogen-bond acceptors (Lipinski definition) is 6. The third kappa shape index (κ3) is 4.47. The Labute approximate surface area is 156 Å². The minimum atomic E-state index is -0.935. The van der Waals surface area contributed by atoms with E-state index in [4.69, 9.17) is 24.5 Å². The topological polar surface area (TPSA) is 115 Å². The normalized spacial score (nSPS) is 32.6. The van der Waals surface area contributed by atoms with Gasteiger partial charge in [0.25, 0.3) is 0 Å². The molecule has 1 amide bonds. The first-order valence-corrected chi connectivity index (χ1v) is 8.65. The zero-order valence-corrected chi connectivity index (χ0v) is 14.9. The summed E-state index contributed by atoms with van der Waals surface area (Å²) in [5, 5.41) is 6.43. The van der Waals surface area contributed by atoms with E-state index in [0.717, 1.165) is 5.56 Å². The lowest BCUT2D eigenvalue weighted by Gasteiger charge is -2.48. The number of azide groups is 1. The monoisotopic (exact) mass is 374 g/mol. The van der Waals surface area contributed by atoms with Crippen LogP contribution in [-0.2, 0) is 23.7 Å². The first kappa shape index (κ1) is 19.3. The number of rotatable bonds is 6. The molecule has 6 atom stereocenters. The number of nitrogens with zero attached hydrogens (tertiary/aromatic N) is 3. The van der Waals surface area contributed by atoms with Crippen LogP contribution in [-0.4, -0.2) is 49.7 Å². The quantitative estimate of drug-likeness (QED) is 0.355. The Morgan fingerprint density at radius 2 is 2.22 bits per heavy atom. The summed E-state index contributed by atoms with van der Waals surface area (Å²) in [6.45, 7) is 5.52. The van der Waals surface area contributed by atoms with E-state index in [9.17, 15) is 4.79 Å². The predicted octanol–water partition coefficient (Wildman–Crippen LogP) is 2.21. The number of benzene rings is 1. The molecule has 0 aliphatic carbocycles. The number of carbonyl (C=O) groups is 1. The van der Waals surface area contributed by atoms with Crippen molar-refractivity contribution in [1.29, 1.82) is 0 Å². The van der Waals surface area contributed by atoms with Gasteiger partial charge in [-0.3, -0.25) is 4.79 Å². The maximum Gasteiger partial charge on any atom is 0.217 e. The Morgan fingerprint density at radius 3 is 2.89 bits per heavy atom. The molecule has 144 valence electrons. The fourth-order valence-corrected chi connectivity index (χ4v) is 3.28. The van der Waals surface area contributed by atoms with E-state index < -0.39 is 36.9 Å². The van der Waals surface area contributed by atoms with E-state index in [1.54, 1.807) is 6.08 Å². The maximum absolute atomic E-state index is 11.7. The van der Waals surface area contributed by atoms with Crippen molar-refractivity contribution < 1.29 is 23.7 Å². The Hall–Kier alpha value is -2.42. The van der Waals surface area contributed by atoms with E-state index in [1.807, 2.05) is 30.3 Å². The van der Waals surface area contributed by atoms with E-state index in [0.29, 0.717) is 0 Å². The molecule has 0 bridgehead atoms. The Kier molecular flexibility index (Phi) is 6.44. The van der Waals surface area contributed by atoms with Crippen LogP contribution in [0.5, 0.6) is 0 Å². The van der Waals surface area contributed by atoms with Gasteiger partial charge in [-0.2, -0.15) is 0 Å². The molecule has 1 aromatic carbocycles. The van der Waals surface area contributed by atoms with Gasteiger partial charge in [-0.15, -0.1) is 6.58 Å². The van der Waals surface area contributed by atoms with Crippen LogP contribution in [0.3, 0.4) is 0 Å². The van der Waals surface area contributed by atoms with Gasteiger partial charge in [-0.05, 0) is 5.53 Å². The van der Waals surface area contributed by atoms with Gasteiger partial charge in [-0.1, -0.05) is 41.5 Å². The highest BCUT2D eigenvalue weighted by Gasteiger charge is 2.50. The third-order valence-corrected chi connectivity index (χ3v) is 4.37. The van der Waals surface area contributed by atoms with Gasteiger partial charge in [0, 0.05) is 17.4 Å². The van der Waals surface area contributed by atoms with Crippen LogP contribution in [0.1, 0.15) is 18.8 Å². The molecular formula is C18H22N4O5. The van der Waals surface area contributed by atoms with Crippen molar-refractivity contribution >= 4 is 5.91 Å². The number of fused-ring (bicyclic) bond motifs is 1. The first-order chi connectivity index (χ1) is 13.1. The SMILES string of the molecule is C=CCO[C@@H]1[C@@H](NC(C)=O)[C@H](N=[N+]=[N-])O[C@@H]2CO[C@H](c3ccccc3)O[C@@H]12. The lowest BCUT2D eigenvalue weighted by atomic mass is 9.94. The largest absolute Gasteiger partial charge is 0.369 e. The van der Waals surface area contributed by atoms with Gasteiger partial charge >= 0.3 is 0 Å². The van der Waals surface area contributed by atoms with E-state index >= 15 is 0 Å². The van der Waals surface area contributed by atoms with E-state index in [-0.39, 0.29) is 19.1 Å². The van der Waals surface area contributed by atoms with Crippen molar-refractivity contribution in [3.63, 3.8) is 0 Å². The molecule has 0 unspecified atom stereocenters. The lowest BCUT2D eigenvalue weighted by molar-refractivity contribution is -0.318. The number of ether oxygens (including phenoxy) is 4. The summed E-state index contributed by atoms with van der Waals surface area (Å²) in [4.78, 5) is 14.5. The lowest BCUT2D eigenvalue weighted by Crippen LogP contribution is -2.66. The number of carbonyl (C=O) groups excluding carboxylic acids is 1. The summed E-state index contributed by atoms with van der Waals surface area (Å²) < 4.78 is 23.7. The average Bonchev–Trinajstić information content (AvgIpc) is 2.68. The molecule has 27 heavy (non-hydrogen) atoms. The highest BCUT2D eigenvalue weighted by Crippen LogP contribution is 2.35. The molecule has 9 heteroatoms. The van der Waals surface area contributed by atoms with Crippen molar-refractivity contribution in [2.24, 2.45) is 5.11 Å². The summed E-state index contributed by atoms with van der Waals surface area (Å²) in [5.41, 5.74) is 9.73. The molecule has 2 aliphatic heterocycles. The summed E-state index contributed by atoms with van der Waals surface area (Å²) in [6, 6.07) is 8.81. The Bertz CT molecular complexity index is 709. The fourth-order valence-electron chi connectivity index (χ4n) is 3.28. The zero-order valence-electron chi connectivity index (χ0n) is 14.9. The number of nitrogens with one attached hydrogen (secondary N) is 1. The summed E-state index contributed by atoms with van der Waals surface area (Å²) in [5.74, 6) is -0.293. The van der Waals surface area contributed by atoms with Gasteiger partial charge in [0.05, 0.1) is 19.3 Å². The van der Waals surface area contributed by atoms with Crippen LogP contribution in [0.15, 0.2) is 48.1 Å². The minimum Gasteiger partial charge on any atom is -0.369 e. The van der Waals surface area contributed by atoms with Crippen molar-refractivity contribution in [2.45, 2.75) is 43.8 Å². The molecule has 0 aromatic heterocycles. The molecule has 2 aliphatic rings. The summed E-state index contributed by atoms with van der Waals surface area (Å²) in [7, 11) is 0. The van der Waals surface area contributed by atoms with Crippen LogP contribution in [0, 0.1) is 0 Å². The second kappa shape index (κ2) is 8.98. The fraction of sp³-hybridized carbons (Fsp3) is 0.500. The van der Waals surface area contributed by atoms with E-state index in [2.05, 4.69) is 21.9 Å². The first-order valence-electron chi connectivity index (χ1n) is 8.65. The molecule has 9 nitrogen and oxygen atoms in total. The average molecular weight is 374 g/mol. The molecule has 0 spiro atoms. The summed E-state index contributed by atoms with van der Waals surface area (Å²) in [6.07, 6.45) is -1.54. The van der Waals surface area contributed by atoms with Gasteiger partial charge < -0.3 is 24.3 Å². The van der Waals surface area contributed by atoms with Crippen molar-refractivity contribution in [1.82, 2.24) is 5.32 Å². The minimum absolute atomic E-state index is 0.239. The molecule has 1 aromatic rings. The van der Waals surface area contributed by atoms with Crippen LogP contribution in [0.25, 0.3) is 10.4 Å². The highest BCUT2D eigenvalue weighted by atomic mass is 16.7. The molecule has 2 fully saturated rings. The van der Waals surface area contributed by atoms with Crippen LogP contribution >= 0.6 is 0 Å². The molecule has 1 N–H and O–H groups in total.